The quantitative estimate of drug-likeness (QED) is 0.668. The van der Waals surface area contributed by atoms with Gasteiger partial charge in [-0.1, -0.05) is 72.1 Å². The first kappa shape index (κ1) is 20.9. The largest absolute Gasteiger partial charge is 0.325 e. The molecule has 4 rings (SSSR count). The summed E-state index contributed by atoms with van der Waals surface area (Å²) in [6.07, 6.45) is 6.85. The molecule has 5 heteroatoms. The van der Waals surface area contributed by atoms with Gasteiger partial charge in [-0.15, -0.1) is 0 Å². The van der Waals surface area contributed by atoms with Crippen LogP contribution in [0.25, 0.3) is 0 Å². The molecule has 1 fully saturated rings. The number of carbonyl (C=O) groups is 1. The van der Waals surface area contributed by atoms with Gasteiger partial charge >= 0.3 is 0 Å². The maximum absolute atomic E-state index is 12.5. The van der Waals surface area contributed by atoms with E-state index in [0.29, 0.717) is 5.75 Å². The number of carbonyl (C=O) groups excluding carboxylic acids is 1. The molecular formula is C25H29N3OS. The standard InChI is InChI=1S/C25H29N3OS/c1-18-7-11-20(12-8-18)23-24(28-25(27-23)15-5-3-4-6-16-25)30-17-22(29)26-21-13-9-19(2)10-14-21/h7-14H,3-6,15-17H2,1-2H3,(H,26,29). The number of benzene rings is 2. The zero-order valence-corrected chi connectivity index (χ0v) is 18.6. The molecule has 0 atom stereocenters. The van der Waals surface area contributed by atoms with Crippen LogP contribution in [0.15, 0.2) is 58.5 Å². The van der Waals surface area contributed by atoms with E-state index in [-0.39, 0.29) is 11.6 Å². The van der Waals surface area contributed by atoms with Crippen LogP contribution in [0, 0.1) is 13.8 Å². The molecule has 0 saturated heterocycles. The Morgan fingerprint density at radius 1 is 0.900 bits per heavy atom. The lowest BCUT2D eigenvalue weighted by Crippen LogP contribution is -2.20. The van der Waals surface area contributed by atoms with Crippen molar-refractivity contribution in [2.45, 2.75) is 58.0 Å². The van der Waals surface area contributed by atoms with Crippen molar-refractivity contribution in [3.8, 4) is 0 Å². The van der Waals surface area contributed by atoms with Crippen LogP contribution in [-0.4, -0.2) is 28.1 Å². The molecule has 2 aliphatic rings. The van der Waals surface area contributed by atoms with E-state index in [0.717, 1.165) is 34.8 Å². The van der Waals surface area contributed by atoms with Gasteiger partial charge in [-0.05, 0) is 51.7 Å². The van der Waals surface area contributed by atoms with E-state index in [1.807, 2.05) is 31.2 Å². The highest BCUT2D eigenvalue weighted by Crippen LogP contribution is 2.38. The van der Waals surface area contributed by atoms with E-state index >= 15 is 0 Å². The second-order valence-electron chi connectivity index (χ2n) is 8.34. The summed E-state index contributed by atoms with van der Waals surface area (Å²) in [6.45, 7) is 4.13. The van der Waals surface area contributed by atoms with E-state index < -0.39 is 0 Å². The second kappa shape index (κ2) is 9.17. The number of nitrogens with zero attached hydrogens (tertiary/aromatic N) is 2. The summed E-state index contributed by atoms with van der Waals surface area (Å²) >= 11 is 1.50. The highest BCUT2D eigenvalue weighted by Gasteiger charge is 2.37. The third-order valence-electron chi connectivity index (χ3n) is 5.74. The Labute approximate surface area is 183 Å². The molecule has 1 spiro atoms. The van der Waals surface area contributed by atoms with E-state index in [1.165, 1.54) is 48.6 Å². The van der Waals surface area contributed by atoms with Gasteiger partial charge in [0.05, 0.1) is 11.5 Å². The lowest BCUT2D eigenvalue weighted by atomic mass is 10.0. The fourth-order valence-electron chi connectivity index (χ4n) is 4.01. The number of thioether (sulfide) groups is 1. The number of amides is 1. The minimum absolute atomic E-state index is 0.0170. The van der Waals surface area contributed by atoms with Crippen molar-refractivity contribution in [1.82, 2.24) is 0 Å². The second-order valence-corrected chi connectivity index (χ2v) is 9.31. The lowest BCUT2D eigenvalue weighted by Gasteiger charge is -2.20. The van der Waals surface area contributed by atoms with Crippen LogP contribution >= 0.6 is 11.8 Å². The molecule has 30 heavy (non-hydrogen) atoms. The van der Waals surface area contributed by atoms with E-state index in [9.17, 15) is 4.79 Å². The normalized spacial score (nSPS) is 17.9. The Morgan fingerprint density at radius 2 is 1.50 bits per heavy atom. The summed E-state index contributed by atoms with van der Waals surface area (Å²) in [5, 5.41) is 3.88. The molecule has 0 unspecified atom stereocenters. The Balaban J connectivity index is 1.51. The van der Waals surface area contributed by atoms with Gasteiger partial charge in [0.15, 0.2) is 5.66 Å². The zero-order valence-electron chi connectivity index (χ0n) is 17.8. The maximum atomic E-state index is 12.5. The summed E-state index contributed by atoms with van der Waals surface area (Å²) in [5.41, 5.74) is 4.94. The Bertz CT molecular complexity index is 953. The van der Waals surface area contributed by atoms with Crippen LogP contribution in [0.3, 0.4) is 0 Å². The van der Waals surface area contributed by atoms with Crippen molar-refractivity contribution in [2.75, 3.05) is 11.1 Å². The number of hydrogen-bond acceptors (Lipinski definition) is 4. The Kier molecular flexibility index (Phi) is 6.38. The third-order valence-corrected chi connectivity index (χ3v) is 6.70. The molecule has 1 saturated carbocycles. The summed E-state index contributed by atoms with van der Waals surface area (Å²) in [7, 11) is 0. The minimum atomic E-state index is -0.327. The molecule has 1 aliphatic carbocycles. The van der Waals surface area contributed by atoms with E-state index in [4.69, 9.17) is 9.98 Å². The Hall–Kier alpha value is -2.40. The predicted molar refractivity (Wildman–Crippen MR) is 128 cm³/mol. The average Bonchev–Trinajstić information content (AvgIpc) is 2.93. The monoisotopic (exact) mass is 419 g/mol. The van der Waals surface area contributed by atoms with Crippen LogP contribution in [0.2, 0.25) is 0 Å². The molecule has 0 aromatic heterocycles. The number of hydrogen-bond donors (Lipinski definition) is 1. The predicted octanol–water partition coefficient (Wildman–Crippen LogP) is 5.93. The molecule has 1 aliphatic heterocycles. The SMILES string of the molecule is Cc1ccc(NC(=O)CSC2=NC3(CCCCCC3)N=C2c2ccc(C)cc2)cc1. The van der Waals surface area contributed by atoms with Crippen LogP contribution < -0.4 is 5.32 Å². The number of anilines is 1. The highest BCUT2D eigenvalue weighted by atomic mass is 32.2. The maximum Gasteiger partial charge on any atom is 0.234 e. The summed E-state index contributed by atoms with van der Waals surface area (Å²) < 4.78 is 0. The van der Waals surface area contributed by atoms with Gasteiger partial charge in [0, 0.05) is 11.3 Å². The zero-order chi connectivity index (χ0) is 21.0. The van der Waals surface area contributed by atoms with Crippen molar-refractivity contribution in [2.24, 2.45) is 9.98 Å². The molecule has 1 heterocycles. The fraction of sp³-hybridized carbons (Fsp3) is 0.400. The van der Waals surface area contributed by atoms with Gasteiger partial charge in [-0.2, -0.15) is 0 Å². The molecule has 156 valence electrons. The number of nitrogens with one attached hydrogen (secondary N) is 1. The summed E-state index contributed by atoms with van der Waals surface area (Å²) in [6, 6.07) is 16.3. The molecule has 2 aromatic rings. The van der Waals surface area contributed by atoms with Gasteiger partial charge in [0.2, 0.25) is 5.91 Å². The number of aryl methyl sites for hydroxylation is 2. The summed E-state index contributed by atoms with van der Waals surface area (Å²) in [4.78, 5) is 22.8. The molecule has 1 N–H and O–H groups in total. The van der Waals surface area contributed by atoms with Crippen LogP contribution in [-0.2, 0) is 4.79 Å². The minimum Gasteiger partial charge on any atom is -0.325 e. The van der Waals surface area contributed by atoms with Gasteiger partial charge in [0.25, 0.3) is 0 Å². The fourth-order valence-corrected chi connectivity index (χ4v) is 4.88. The smallest absolute Gasteiger partial charge is 0.234 e. The van der Waals surface area contributed by atoms with Crippen molar-refractivity contribution in [3.05, 3.63) is 65.2 Å². The van der Waals surface area contributed by atoms with E-state index in [2.05, 4.69) is 36.5 Å². The first-order valence-corrected chi connectivity index (χ1v) is 11.8. The molecule has 0 bridgehead atoms. The van der Waals surface area contributed by atoms with Gasteiger partial charge in [-0.3, -0.25) is 9.79 Å². The molecule has 4 nitrogen and oxygen atoms in total. The lowest BCUT2D eigenvalue weighted by molar-refractivity contribution is -0.113. The van der Waals surface area contributed by atoms with Crippen molar-refractivity contribution in [1.29, 1.82) is 0 Å². The highest BCUT2D eigenvalue weighted by molar-refractivity contribution is 8.16. The van der Waals surface area contributed by atoms with Gasteiger partial charge in [0.1, 0.15) is 5.04 Å². The first-order chi connectivity index (χ1) is 14.5. The van der Waals surface area contributed by atoms with Gasteiger partial charge < -0.3 is 5.32 Å². The topological polar surface area (TPSA) is 53.8 Å². The molecule has 2 aromatic carbocycles. The van der Waals surface area contributed by atoms with Crippen LogP contribution in [0.4, 0.5) is 5.69 Å². The summed E-state index contributed by atoms with van der Waals surface area (Å²) in [5.74, 6) is 0.310. The van der Waals surface area contributed by atoms with Crippen molar-refractivity contribution >= 4 is 34.1 Å². The van der Waals surface area contributed by atoms with Crippen molar-refractivity contribution < 1.29 is 4.79 Å². The third kappa shape index (κ3) is 5.01. The Morgan fingerprint density at radius 3 is 2.13 bits per heavy atom. The van der Waals surface area contributed by atoms with E-state index in [1.54, 1.807) is 0 Å². The van der Waals surface area contributed by atoms with Crippen LogP contribution in [0.5, 0.6) is 0 Å². The first-order valence-electron chi connectivity index (χ1n) is 10.8. The molecule has 1 amide bonds. The number of rotatable bonds is 4. The van der Waals surface area contributed by atoms with Crippen molar-refractivity contribution in [3.63, 3.8) is 0 Å². The molecular weight excluding hydrogens is 390 g/mol. The molecule has 0 radical (unpaired) electrons. The van der Waals surface area contributed by atoms with Gasteiger partial charge in [-0.25, -0.2) is 4.99 Å². The average molecular weight is 420 g/mol. The van der Waals surface area contributed by atoms with Crippen LogP contribution in [0.1, 0.15) is 55.2 Å². The number of aliphatic imine (C=N–C) groups is 2.